The van der Waals surface area contributed by atoms with Crippen molar-refractivity contribution in [1.82, 2.24) is 18.7 Å². The molecule has 12 aromatic rings. The molecule has 8 aromatic carbocycles. The summed E-state index contributed by atoms with van der Waals surface area (Å²) in [4.78, 5) is 17.9. The molecule has 0 unspecified atom stereocenters. The minimum Gasteiger partial charge on any atom is -0.497 e. The number of aromatic nitrogens is 4. The van der Waals surface area contributed by atoms with Crippen LogP contribution in [0.3, 0.4) is 0 Å². The van der Waals surface area contributed by atoms with Gasteiger partial charge in [0.25, 0.3) is 0 Å². The molecule has 12 rings (SSSR count). The van der Waals surface area contributed by atoms with E-state index in [1.54, 1.807) is 51.1 Å². The number of hydrogen-bond donors (Lipinski definition) is 0. The first kappa shape index (κ1) is 42.3. The minimum atomic E-state index is 0.754. The Bertz CT molecular complexity index is 3510. The first-order chi connectivity index (χ1) is 34.0. The lowest BCUT2D eigenvalue weighted by molar-refractivity contribution is 0.414. The Morgan fingerprint density at radius 1 is 0.333 bits per heavy atom. The van der Waals surface area contributed by atoms with Crippen molar-refractivity contribution in [2.45, 2.75) is 0 Å². The second-order valence-corrected chi connectivity index (χ2v) is 18.8. The molecule has 69 heavy (non-hydrogen) atoms. The van der Waals surface area contributed by atoms with Crippen LogP contribution in [0, 0.1) is 0 Å². The lowest BCUT2D eigenvalue weighted by atomic mass is 9.98. The summed E-state index contributed by atoms with van der Waals surface area (Å²) in [7, 11) is 6.72. The highest BCUT2D eigenvalue weighted by Gasteiger charge is 2.27. The Hall–Kier alpha value is -8.10. The molecule has 0 aliphatic rings. The topological polar surface area (TPSA) is 95.0 Å². The number of fused-ring (bicyclic) bond motifs is 8. The number of methoxy groups -OCH3 is 4. The summed E-state index contributed by atoms with van der Waals surface area (Å²) in [6.07, 6.45) is 0. The predicted molar refractivity (Wildman–Crippen MR) is 285 cm³/mol. The highest BCUT2D eigenvalue weighted by molar-refractivity contribution is 7.20. The van der Waals surface area contributed by atoms with Crippen molar-refractivity contribution in [3.63, 3.8) is 0 Å². The molecule has 0 bridgehead atoms. The molecule has 0 saturated heterocycles. The summed E-state index contributed by atoms with van der Waals surface area (Å²) >= 11 is 4.54. The monoisotopic (exact) mass is 956 g/mol. The van der Waals surface area contributed by atoms with Crippen molar-refractivity contribution >= 4 is 122 Å². The molecule has 10 nitrogen and oxygen atoms in total. The quantitative estimate of drug-likeness (QED) is 0.0870. The third-order valence-corrected chi connectivity index (χ3v) is 15.1. The van der Waals surface area contributed by atoms with E-state index in [9.17, 15) is 0 Å². The summed E-state index contributed by atoms with van der Waals surface area (Å²) in [5.74, 6) is 3.12. The Balaban J connectivity index is 1.11. The van der Waals surface area contributed by atoms with Crippen molar-refractivity contribution in [2.75, 3.05) is 38.2 Å². The van der Waals surface area contributed by atoms with E-state index in [2.05, 4.69) is 131 Å². The fourth-order valence-electron chi connectivity index (χ4n) is 9.11. The lowest BCUT2D eigenvalue weighted by Gasteiger charge is -2.24. The highest BCUT2D eigenvalue weighted by atomic mass is 32.1. The van der Waals surface area contributed by atoms with Crippen molar-refractivity contribution in [3.8, 4) is 43.9 Å². The fourth-order valence-corrected chi connectivity index (χ4v) is 11.9. The van der Waals surface area contributed by atoms with E-state index in [1.807, 2.05) is 48.5 Å². The van der Waals surface area contributed by atoms with Gasteiger partial charge in [0.05, 0.1) is 51.2 Å². The molecule has 0 saturated carbocycles. The van der Waals surface area contributed by atoms with Crippen LogP contribution >= 0.6 is 34.4 Å². The third-order valence-electron chi connectivity index (χ3n) is 12.4. The molecule has 4 aromatic heterocycles. The average Bonchev–Trinajstić information content (AvgIpc) is 4.22. The summed E-state index contributed by atoms with van der Waals surface area (Å²) in [6.45, 7) is 0. The molecule has 13 heteroatoms. The number of rotatable bonds is 12. The van der Waals surface area contributed by atoms with Crippen LogP contribution in [0.25, 0.3) is 75.5 Å². The Labute approximate surface area is 409 Å². The van der Waals surface area contributed by atoms with Crippen LogP contribution in [0.15, 0.2) is 170 Å². The van der Waals surface area contributed by atoms with Crippen molar-refractivity contribution < 1.29 is 18.9 Å². The van der Waals surface area contributed by atoms with Gasteiger partial charge >= 0.3 is 0 Å². The second-order valence-electron chi connectivity index (χ2n) is 16.2. The van der Waals surface area contributed by atoms with Gasteiger partial charge in [-0.25, -0.2) is 9.97 Å². The standard InChI is InChI=1S/C56H40N6O4S3/c1-63-37-21-13-33(14-22-37)61(34-15-23-38(64-2)24-16-34)47-31-29-45(67-47)49-53-54(58-52-44-12-8-6-10-42(44)41-9-5-7-11-43(41)51(52)57-53)50(56-55(49)59-69-60-56)46-30-32-48(68-46)62(35-17-25-39(65-3)26-18-35)36-19-27-40(66-4)28-20-36/h5-32H,1-4H3. The zero-order valence-electron chi connectivity index (χ0n) is 37.7. The van der Waals surface area contributed by atoms with Crippen LogP contribution in [0.2, 0.25) is 0 Å². The van der Waals surface area contributed by atoms with Gasteiger partial charge in [-0.2, -0.15) is 8.75 Å². The number of hydrogen-bond acceptors (Lipinski definition) is 13. The molecular weight excluding hydrogens is 917 g/mol. The molecule has 0 atom stereocenters. The van der Waals surface area contributed by atoms with E-state index < -0.39 is 0 Å². The lowest BCUT2D eigenvalue weighted by Crippen LogP contribution is -2.08. The largest absolute Gasteiger partial charge is 0.497 e. The smallest absolute Gasteiger partial charge is 0.119 e. The molecule has 0 aliphatic heterocycles. The third kappa shape index (κ3) is 7.30. The van der Waals surface area contributed by atoms with Gasteiger partial charge in [0, 0.05) is 54.4 Å². The van der Waals surface area contributed by atoms with Gasteiger partial charge in [0.1, 0.15) is 55.1 Å². The van der Waals surface area contributed by atoms with Gasteiger partial charge in [0.15, 0.2) is 0 Å². The van der Waals surface area contributed by atoms with E-state index in [1.165, 1.54) is 11.7 Å². The SMILES string of the molecule is COc1ccc(N(c2ccc(OC)cc2)c2ccc(-c3c4nsnc4c(-c4ccc(N(c5ccc(OC)cc5)c5ccc(OC)cc5)s4)c4nc5c6ccccc6c6ccccc6c5nc34)s2)cc1. The number of thiophene rings is 2. The van der Waals surface area contributed by atoms with Gasteiger partial charge in [-0.05, 0) is 132 Å². The Morgan fingerprint density at radius 3 is 0.971 bits per heavy atom. The van der Waals surface area contributed by atoms with Crippen molar-refractivity contribution in [2.24, 2.45) is 0 Å². The molecule has 0 fully saturated rings. The minimum absolute atomic E-state index is 0.754. The normalized spacial score (nSPS) is 11.5. The molecule has 336 valence electrons. The molecule has 0 N–H and O–H groups in total. The van der Waals surface area contributed by atoms with Crippen LogP contribution in [0.5, 0.6) is 23.0 Å². The number of nitrogens with zero attached hydrogens (tertiary/aromatic N) is 6. The van der Waals surface area contributed by atoms with Crippen LogP contribution in [-0.2, 0) is 0 Å². The maximum absolute atomic E-state index is 5.74. The van der Waals surface area contributed by atoms with Gasteiger partial charge in [-0.15, -0.1) is 22.7 Å². The second kappa shape index (κ2) is 17.5. The van der Waals surface area contributed by atoms with Crippen molar-refractivity contribution in [1.29, 1.82) is 0 Å². The maximum Gasteiger partial charge on any atom is 0.119 e. The number of ether oxygens (including phenoxy) is 4. The molecule has 0 spiro atoms. The van der Waals surface area contributed by atoms with Crippen LogP contribution in [0.4, 0.5) is 32.8 Å². The summed E-state index contributed by atoms with van der Waals surface area (Å²) in [5, 5.41) is 6.32. The predicted octanol–water partition coefficient (Wildman–Crippen LogP) is 15.5. The summed E-state index contributed by atoms with van der Waals surface area (Å²) < 4.78 is 32.4. The Kier molecular flexibility index (Phi) is 10.7. The number of anilines is 6. The van der Waals surface area contributed by atoms with Gasteiger partial charge in [-0.3, -0.25) is 0 Å². The highest BCUT2D eigenvalue weighted by Crippen LogP contribution is 2.51. The van der Waals surface area contributed by atoms with E-state index in [0.29, 0.717) is 0 Å². The van der Waals surface area contributed by atoms with E-state index in [4.69, 9.17) is 37.7 Å². The van der Waals surface area contributed by atoms with E-state index in [-0.39, 0.29) is 0 Å². The zero-order valence-corrected chi connectivity index (χ0v) is 40.2. The van der Waals surface area contributed by atoms with Gasteiger partial charge in [0.2, 0.25) is 0 Å². The molecule has 4 heterocycles. The van der Waals surface area contributed by atoms with Crippen molar-refractivity contribution in [3.05, 3.63) is 170 Å². The fraction of sp³-hybridized carbons (Fsp3) is 0.0714. The summed E-state index contributed by atoms with van der Waals surface area (Å²) in [6, 6.07) is 58.1. The van der Waals surface area contributed by atoms with Crippen LogP contribution < -0.4 is 28.7 Å². The van der Waals surface area contributed by atoms with E-state index >= 15 is 0 Å². The maximum atomic E-state index is 5.74. The first-order valence-electron chi connectivity index (χ1n) is 22.1. The molecular formula is C56H40N6O4S3. The van der Waals surface area contributed by atoms with Crippen LogP contribution in [-0.4, -0.2) is 47.2 Å². The zero-order chi connectivity index (χ0) is 46.6. The van der Waals surface area contributed by atoms with Gasteiger partial charge < -0.3 is 28.7 Å². The van der Waals surface area contributed by atoms with Gasteiger partial charge in [-0.1, -0.05) is 48.5 Å². The average molecular weight is 957 g/mol. The molecule has 0 aliphatic carbocycles. The summed E-state index contributed by atoms with van der Waals surface area (Å²) in [5.41, 5.74) is 10.4. The van der Waals surface area contributed by atoms with Crippen LogP contribution in [0.1, 0.15) is 0 Å². The first-order valence-corrected chi connectivity index (χ1v) is 24.4. The Morgan fingerprint density at radius 2 is 0.652 bits per heavy atom. The molecule has 0 amide bonds. The van der Waals surface area contributed by atoms with E-state index in [0.717, 1.165) is 131 Å². The number of benzene rings is 8. The molecule has 0 radical (unpaired) electrons.